The summed E-state index contributed by atoms with van der Waals surface area (Å²) in [7, 11) is 1.56. The largest absolute Gasteiger partial charge is 0.392 e. The van der Waals surface area contributed by atoms with Crippen molar-refractivity contribution in [2.75, 3.05) is 43.1 Å². The van der Waals surface area contributed by atoms with E-state index in [2.05, 4.69) is 32.1 Å². The fourth-order valence-corrected chi connectivity index (χ4v) is 6.97. The fourth-order valence-electron chi connectivity index (χ4n) is 6.97. The number of hydrogen-bond acceptors (Lipinski definition) is 9. The first-order valence-electron chi connectivity index (χ1n) is 18.0. The first-order chi connectivity index (χ1) is 25.3. The monoisotopic (exact) mass is 727 g/mol. The van der Waals surface area contributed by atoms with E-state index in [-0.39, 0.29) is 38.9 Å². The molecule has 11 nitrogen and oxygen atoms in total. The predicted octanol–water partition coefficient (Wildman–Crippen LogP) is 5.89. The summed E-state index contributed by atoms with van der Waals surface area (Å²) in [5.41, 5.74) is 1.08. The first kappa shape index (κ1) is 37.8. The molecule has 0 spiro atoms. The quantitative estimate of drug-likeness (QED) is 0.212. The van der Waals surface area contributed by atoms with E-state index in [1.54, 1.807) is 31.4 Å². The number of rotatable bonds is 7. The second-order valence-electron chi connectivity index (χ2n) is 14.5. The maximum Gasteiger partial charge on any atom is 0.282 e. The number of ether oxygens (including phenoxy) is 1. The van der Waals surface area contributed by atoms with Crippen LogP contribution in [0.3, 0.4) is 0 Å². The second kappa shape index (κ2) is 15.2. The van der Waals surface area contributed by atoms with Crippen LogP contribution in [0.25, 0.3) is 27.6 Å². The Bertz CT molecular complexity index is 2240. The number of nitrogens with one attached hydrogen (secondary N) is 1. The molecule has 0 bridgehead atoms. The maximum atomic E-state index is 15.4. The van der Waals surface area contributed by atoms with Crippen molar-refractivity contribution in [2.45, 2.75) is 65.6 Å². The number of pyridine rings is 2. The van der Waals surface area contributed by atoms with E-state index < -0.39 is 23.8 Å². The third kappa shape index (κ3) is 7.46. The van der Waals surface area contributed by atoms with Gasteiger partial charge in [0.2, 0.25) is 0 Å². The number of aryl methyl sites for hydroxylation is 1. The van der Waals surface area contributed by atoms with Crippen molar-refractivity contribution in [1.29, 1.82) is 0 Å². The Balaban J connectivity index is 0.00000236. The topological polar surface area (TPSA) is 118 Å². The molecule has 7 rings (SSSR count). The zero-order valence-corrected chi connectivity index (χ0v) is 31.3. The van der Waals surface area contributed by atoms with Crippen LogP contribution in [0.1, 0.15) is 52.7 Å². The lowest BCUT2D eigenvalue weighted by Crippen LogP contribution is -2.60. The molecule has 3 aromatic heterocycles. The second-order valence-corrected chi connectivity index (χ2v) is 14.5. The molecule has 0 amide bonds. The molecule has 2 aromatic carbocycles. The first-order valence-corrected chi connectivity index (χ1v) is 18.0. The Morgan fingerprint density at radius 2 is 1.75 bits per heavy atom. The van der Waals surface area contributed by atoms with Gasteiger partial charge in [-0.1, -0.05) is 34.6 Å². The van der Waals surface area contributed by atoms with Crippen molar-refractivity contribution in [1.82, 2.24) is 24.2 Å². The third-order valence-corrected chi connectivity index (χ3v) is 9.92. The maximum absolute atomic E-state index is 15.4. The number of hydrogen-bond donors (Lipinski definition) is 2. The minimum atomic E-state index is -0.793. The van der Waals surface area contributed by atoms with E-state index in [1.165, 1.54) is 29.1 Å². The fraction of sp³-hybridized carbons (Fsp3) is 0.400. The van der Waals surface area contributed by atoms with Gasteiger partial charge in [0.05, 0.1) is 55.0 Å². The number of piperazine rings is 1. The number of aliphatic hydroxyl groups excluding tert-OH is 1. The molecular weight excluding hydrogens is 680 g/mol. The van der Waals surface area contributed by atoms with Crippen LogP contribution in [-0.2, 0) is 23.8 Å². The molecule has 5 heterocycles. The highest BCUT2D eigenvalue weighted by Crippen LogP contribution is 2.32. The third-order valence-electron chi connectivity index (χ3n) is 9.92. The molecule has 1 atom stereocenters. The molecule has 2 N–H and O–H groups in total. The van der Waals surface area contributed by atoms with Gasteiger partial charge in [-0.25, -0.2) is 13.8 Å². The molecule has 2 fully saturated rings. The van der Waals surface area contributed by atoms with Crippen molar-refractivity contribution in [2.24, 2.45) is 7.05 Å². The summed E-state index contributed by atoms with van der Waals surface area (Å²) >= 11 is 0. The van der Waals surface area contributed by atoms with Crippen LogP contribution in [0.15, 0.2) is 70.6 Å². The standard InChI is InChI=1S/C38H41F2N7O4.C2H6/c1-22-17-45(8-9-46(22)28-20-51-21-28)27-6-7-34(41-16-27)43-32-11-24(18-44(5)36(32)49)29-13-26(39)14-33(30(29)19-48)47-37(50)35-23(15-42-47)10-25(12-31(35)40)38(2,3)4;1-2/h6-7,10-16,18,22,28,48H,8-9,17,19-21H2,1-5H3,(H,41,43);1-2H3/t22-;/m1./s1. The summed E-state index contributed by atoms with van der Waals surface area (Å²) in [6, 6.07) is 11.5. The summed E-state index contributed by atoms with van der Waals surface area (Å²) in [5, 5.41) is 18.1. The molecular formula is C40H47F2N7O4. The summed E-state index contributed by atoms with van der Waals surface area (Å²) in [6.45, 7) is 15.7. The van der Waals surface area contributed by atoms with Crippen molar-refractivity contribution in [3.63, 3.8) is 0 Å². The van der Waals surface area contributed by atoms with Crippen molar-refractivity contribution >= 4 is 28.0 Å². The molecule has 0 aliphatic carbocycles. The van der Waals surface area contributed by atoms with Gasteiger partial charge in [-0.2, -0.15) is 9.78 Å². The van der Waals surface area contributed by atoms with Gasteiger partial charge < -0.3 is 24.6 Å². The van der Waals surface area contributed by atoms with Gasteiger partial charge in [0, 0.05) is 61.5 Å². The highest BCUT2D eigenvalue weighted by atomic mass is 19.1. The van der Waals surface area contributed by atoms with Crippen molar-refractivity contribution < 1.29 is 18.6 Å². The van der Waals surface area contributed by atoms with Crippen molar-refractivity contribution in [3.8, 4) is 16.8 Å². The van der Waals surface area contributed by atoms with Crippen LogP contribution in [-0.4, -0.2) is 74.3 Å². The normalized spacial score (nSPS) is 16.6. The highest BCUT2D eigenvalue weighted by Gasteiger charge is 2.33. The van der Waals surface area contributed by atoms with E-state index in [0.717, 1.165) is 49.3 Å². The zero-order chi connectivity index (χ0) is 38.2. The Kier molecular flexibility index (Phi) is 10.8. The van der Waals surface area contributed by atoms with Gasteiger partial charge >= 0.3 is 0 Å². The summed E-state index contributed by atoms with van der Waals surface area (Å²) in [5.74, 6) is -0.990. The zero-order valence-electron chi connectivity index (χ0n) is 31.3. The Hall–Kier alpha value is -4.98. The van der Waals surface area contributed by atoms with Gasteiger partial charge in [0.25, 0.3) is 11.1 Å². The highest BCUT2D eigenvalue weighted by molar-refractivity contribution is 5.83. The van der Waals surface area contributed by atoms with E-state index in [0.29, 0.717) is 34.4 Å². The Morgan fingerprint density at radius 1 is 1.00 bits per heavy atom. The van der Waals surface area contributed by atoms with E-state index in [9.17, 15) is 14.7 Å². The molecule has 0 radical (unpaired) electrons. The average molecular weight is 728 g/mol. The summed E-state index contributed by atoms with van der Waals surface area (Å²) in [6.07, 6.45) is 4.65. The number of aliphatic hydroxyl groups is 1. The smallest absolute Gasteiger partial charge is 0.282 e. The van der Waals surface area contributed by atoms with E-state index in [1.807, 2.05) is 40.7 Å². The van der Waals surface area contributed by atoms with Gasteiger partial charge in [0.1, 0.15) is 23.1 Å². The predicted molar refractivity (Wildman–Crippen MR) is 204 cm³/mol. The minimum absolute atomic E-state index is 0.0458. The number of anilines is 3. The number of fused-ring (bicyclic) bond motifs is 1. The molecule has 13 heteroatoms. The molecule has 2 saturated heterocycles. The Morgan fingerprint density at radius 3 is 2.38 bits per heavy atom. The number of nitrogens with zero attached hydrogens (tertiary/aromatic N) is 6. The van der Waals surface area contributed by atoms with Crippen LogP contribution in [0.2, 0.25) is 0 Å². The van der Waals surface area contributed by atoms with Crippen LogP contribution in [0.5, 0.6) is 0 Å². The van der Waals surface area contributed by atoms with Gasteiger partial charge in [-0.05, 0) is 59.9 Å². The van der Waals surface area contributed by atoms with Crippen molar-refractivity contribution in [3.05, 3.63) is 105 Å². The number of aromatic nitrogens is 4. The van der Waals surface area contributed by atoms with Gasteiger partial charge in [-0.3, -0.25) is 14.5 Å². The number of benzene rings is 2. The average Bonchev–Trinajstić information content (AvgIpc) is 3.10. The molecule has 5 aromatic rings. The minimum Gasteiger partial charge on any atom is -0.392 e. The van der Waals surface area contributed by atoms with Gasteiger partial charge in [0.15, 0.2) is 0 Å². The van der Waals surface area contributed by atoms with E-state index >= 15 is 8.78 Å². The van der Waals surface area contributed by atoms with Crippen LogP contribution in [0, 0.1) is 11.6 Å². The van der Waals surface area contributed by atoms with E-state index in [4.69, 9.17) is 4.74 Å². The summed E-state index contributed by atoms with van der Waals surface area (Å²) < 4.78 is 38.4. The SMILES string of the molecule is CC.C[C@@H]1CN(c2ccc(Nc3cc(-c4cc(F)cc(-n5ncc6cc(C(C)(C)C)cc(F)c6c5=O)c4CO)cn(C)c3=O)nc2)CCN1C1COC1. The lowest BCUT2D eigenvalue weighted by Gasteiger charge is -2.47. The molecule has 0 saturated carbocycles. The Labute approximate surface area is 307 Å². The lowest BCUT2D eigenvalue weighted by atomic mass is 9.86. The number of halogens is 2. The molecule has 2 aliphatic rings. The molecule has 2 aliphatic heterocycles. The van der Waals surface area contributed by atoms with Crippen LogP contribution < -0.4 is 21.3 Å². The molecule has 53 heavy (non-hydrogen) atoms. The molecule has 0 unspecified atom stereocenters. The summed E-state index contributed by atoms with van der Waals surface area (Å²) in [4.78, 5) is 36.3. The van der Waals surface area contributed by atoms with Crippen LogP contribution in [0.4, 0.5) is 26.0 Å². The molecule has 280 valence electrons. The van der Waals surface area contributed by atoms with Crippen LogP contribution >= 0.6 is 0 Å². The van der Waals surface area contributed by atoms with Gasteiger partial charge in [-0.15, -0.1) is 0 Å². The lowest BCUT2D eigenvalue weighted by molar-refractivity contribution is -0.0792.